The van der Waals surface area contributed by atoms with E-state index >= 15 is 0 Å². The van der Waals surface area contributed by atoms with Gasteiger partial charge in [-0.05, 0) is 58.7 Å². The maximum Gasteiger partial charge on any atom is 0.153 e. The summed E-state index contributed by atoms with van der Waals surface area (Å²) in [6, 6.07) is 8.39. The molecule has 0 spiro atoms. The average Bonchev–Trinajstić information content (AvgIpc) is 2.69. The Morgan fingerprint density at radius 2 is 2.11 bits per heavy atom. The standard InChI is InChI=1S/C14H11BrFN3/c1-8-7-9(16)4-5-10(8)12-13(17)19-6-2-3-11(15)14(19)18-12/h2-7H,17H2,1H3. The molecule has 3 aromatic rings. The summed E-state index contributed by atoms with van der Waals surface area (Å²) in [6.07, 6.45) is 1.85. The Hall–Kier alpha value is -1.88. The van der Waals surface area contributed by atoms with Gasteiger partial charge in [0.25, 0.3) is 0 Å². The maximum absolute atomic E-state index is 13.2. The topological polar surface area (TPSA) is 43.3 Å². The number of hydrogen-bond acceptors (Lipinski definition) is 2. The third kappa shape index (κ3) is 1.90. The van der Waals surface area contributed by atoms with Gasteiger partial charge in [0.2, 0.25) is 0 Å². The van der Waals surface area contributed by atoms with E-state index < -0.39 is 0 Å². The van der Waals surface area contributed by atoms with Gasteiger partial charge in [0.05, 0.1) is 4.47 Å². The predicted molar refractivity (Wildman–Crippen MR) is 77.4 cm³/mol. The molecular formula is C14H11BrFN3. The van der Waals surface area contributed by atoms with Crippen LogP contribution in [0.25, 0.3) is 16.9 Å². The van der Waals surface area contributed by atoms with E-state index in [1.165, 1.54) is 12.1 Å². The molecule has 0 saturated carbocycles. The molecule has 2 heterocycles. The molecule has 0 bridgehead atoms. The SMILES string of the molecule is Cc1cc(F)ccc1-c1nc2c(Br)cccn2c1N. The lowest BCUT2D eigenvalue weighted by molar-refractivity contribution is 0.627. The molecule has 0 unspecified atom stereocenters. The largest absolute Gasteiger partial charge is 0.383 e. The van der Waals surface area contributed by atoms with Crippen LogP contribution in [0.3, 0.4) is 0 Å². The van der Waals surface area contributed by atoms with Crippen LogP contribution in [0.5, 0.6) is 0 Å². The maximum atomic E-state index is 13.2. The summed E-state index contributed by atoms with van der Waals surface area (Å²) in [5.74, 6) is 0.288. The van der Waals surface area contributed by atoms with Gasteiger partial charge in [-0.2, -0.15) is 0 Å². The van der Waals surface area contributed by atoms with Crippen molar-refractivity contribution in [1.82, 2.24) is 9.38 Å². The zero-order valence-corrected chi connectivity index (χ0v) is 11.8. The monoisotopic (exact) mass is 319 g/mol. The number of nitrogens with zero attached hydrogens (tertiary/aromatic N) is 2. The van der Waals surface area contributed by atoms with Crippen molar-refractivity contribution in [1.29, 1.82) is 0 Å². The minimum absolute atomic E-state index is 0.259. The molecule has 0 saturated heterocycles. The Morgan fingerprint density at radius 1 is 1.32 bits per heavy atom. The second-order valence-electron chi connectivity index (χ2n) is 4.35. The highest BCUT2D eigenvalue weighted by molar-refractivity contribution is 9.10. The van der Waals surface area contributed by atoms with Crippen molar-refractivity contribution in [3.8, 4) is 11.3 Å². The quantitative estimate of drug-likeness (QED) is 0.741. The van der Waals surface area contributed by atoms with Gasteiger partial charge in [-0.1, -0.05) is 0 Å². The normalized spacial score (nSPS) is 11.1. The molecule has 19 heavy (non-hydrogen) atoms. The number of benzene rings is 1. The summed E-state index contributed by atoms with van der Waals surface area (Å²) < 4.78 is 15.8. The van der Waals surface area contributed by atoms with E-state index in [1.807, 2.05) is 29.7 Å². The first-order valence-corrected chi connectivity index (χ1v) is 6.56. The number of aromatic nitrogens is 2. The number of nitrogen functional groups attached to an aromatic ring is 1. The molecule has 0 amide bonds. The van der Waals surface area contributed by atoms with E-state index in [0.717, 1.165) is 21.2 Å². The van der Waals surface area contributed by atoms with Gasteiger partial charge in [-0.25, -0.2) is 9.37 Å². The summed E-state index contributed by atoms with van der Waals surface area (Å²) >= 11 is 3.45. The molecule has 1 aromatic carbocycles. The van der Waals surface area contributed by atoms with Crippen molar-refractivity contribution in [2.24, 2.45) is 0 Å². The summed E-state index contributed by atoms with van der Waals surface area (Å²) in [5, 5.41) is 0. The zero-order chi connectivity index (χ0) is 13.6. The summed E-state index contributed by atoms with van der Waals surface area (Å²) in [6.45, 7) is 1.84. The van der Waals surface area contributed by atoms with E-state index in [2.05, 4.69) is 20.9 Å². The molecular weight excluding hydrogens is 309 g/mol. The number of nitrogens with two attached hydrogens (primary N) is 1. The molecule has 3 nitrogen and oxygen atoms in total. The van der Waals surface area contributed by atoms with Crippen molar-refractivity contribution >= 4 is 27.4 Å². The Labute approximate surface area is 118 Å². The molecule has 0 radical (unpaired) electrons. The number of imidazole rings is 1. The minimum atomic E-state index is -0.259. The second-order valence-corrected chi connectivity index (χ2v) is 5.21. The van der Waals surface area contributed by atoms with Crippen molar-refractivity contribution in [3.63, 3.8) is 0 Å². The van der Waals surface area contributed by atoms with Gasteiger partial charge in [0.15, 0.2) is 5.65 Å². The number of rotatable bonds is 1. The number of anilines is 1. The third-order valence-electron chi connectivity index (χ3n) is 3.08. The van der Waals surface area contributed by atoms with Gasteiger partial charge in [-0.3, -0.25) is 4.40 Å². The van der Waals surface area contributed by atoms with E-state index in [1.54, 1.807) is 6.07 Å². The van der Waals surface area contributed by atoms with Gasteiger partial charge >= 0.3 is 0 Å². The molecule has 96 valence electrons. The Morgan fingerprint density at radius 3 is 2.79 bits per heavy atom. The molecule has 0 aliphatic rings. The van der Waals surface area contributed by atoms with Crippen molar-refractivity contribution < 1.29 is 4.39 Å². The molecule has 5 heteroatoms. The van der Waals surface area contributed by atoms with Crippen molar-refractivity contribution in [3.05, 3.63) is 52.4 Å². The smallest absolute Gasteiger partial charge is 0.153 e. The fourth-order valence-corrected chi connectivity index (χ4v) is 2.58. The Bertz CT molecular complexity index is 780. The van der Waals surface area contributed by atoms with Crippen LogP contribution in [0.1, 0.15) is 5.56 Å². The number of pyridine rings is 1. The number of aryl methyl sites for hydroxylation is 1. The number of hydrogen-bond donors (Lipinski definition) is 1. The van der Waals surface area contributed by atoms with Crippen LogP contribution in [-0.2, 0) is 0 Å². The molecule has 0 atom stereocenters. The third-order valence-corrected chi connectivity index (χ3v) is 3.70. The van der Waals surface area contributed by atoms with Crippen LogP contribution in [-0.4, -0.2) is 9.38 Å². The molecule has 0 aliphatic heterocycles. The first-order valence-electron chi connectivity index (χ1n) is 5.76. The summed E-state index contributed by atoms with van der Waals surface area (Å²) in [4.78, 5) is 4.54. The number of halogens is 2. The van der Waals surface area contributed by atoms with E-state index in [0.29, 0.717) is 11.5 Å². The minimum Gasteiger partial charge on any atom is -0.383 e. The van der Waals surface area contributed by atoms with Crippen LogP contribution < -0.4 is 5.73 Å². The van der Waals surface area contributed by atoms with Gasteiger partial charge in [0.1, 0.15) is 17.3 Å². The van der Waals surface area contributed by atoms with Crippen LogP contribution in [0, 0.1) is 12.7 Å². The fourth-order valence-electron chi connectivity index (χ4n) is 2.14. The predicted octanol–water partition coefficient (Wildman–Crippen LogP) is 3.79. The lowest BCUT2D eigenvalue weighted by Crippen LogP contribution is -1.95. The molecule has 0 fully saturated rings. The lowest BCUT2D eigenvalue weighted by Gasteiger charge is -2.03. The van der Waals surface area contributed by atoms with Crippen LogP contribution in [0.2, 0.25) is 0 Å². The van der Waals surface area contributed by atoms with E-state index in [-0.39, 0.29) is 5.82 Å². The average molecular weight is 320 g/mol. The van der Waals surface area contributed by atoms with Crippen molar-refractivity contribution in [2.75, 3.05) is 5.73 Å². The Kier molecular flexibility index (Phi) is 2.78. The first-order chi connectivity index (χ1) is 9.08. The molecule has 2 N–H and O–H groups in total. The molecule has 3 rings (SSSR count). The van der Waals surface area contributed by atoms with Crippen LogP contribution in [0.4, 0.5) is 10.2 Å². The lowest BCUT2D eigenvalue weighted by atomic mass is 10.1. The van der Waals surface area contributed by atoms with E-state index in [4.69, 9.17) is 5.73 Å². The first kappa shape index (κ1) is 12.2. The fraction of sp³-hybridized carbons (Fsp3) is 0.0714. The highest BCUT2D eigenvalue weighted by Crippen LogP contribution is 2.31. The van der Waals surface area contributed by atoms with Gasteiger partial charge in [0, 0.05) is 11.8 Å². The Balaban J connectivity index is 2.31. The highest BCUT2D eigenvalue weighted by atomic mass is 79.9. The summed E-state index contributed by atoms with van der Waals surface area (Å²) in [7, 11) is 0. The van der Waals surface area contributed by atoms with Crippen LogP contribution >= 0.6 is 15.9 Å². The van der Waals surface area contributed by atoms with Gasteiger partial charge < -0.3 is 5.73 Å². The van der Waals surface area contributed by atoms with Crippen LogP contribution in [0.15, 0.2) is 41.0 Å². The van der Waals surface area contributed by atoms with Gasteiger partial charge in [-0.15, -0.1) is 0 Å². The van der Waals surface area contributed by atoms with Crippen molar-refractivity contribution in [2.45, 2.75) is 6.92 Å². The summed E-state index contributed by atoms with van der Waals surface area (Å²) in [5.41, 5.74) is 9.21. The highest BCUT2D eigenvalue weighted by Gasteiger charge is 2.14. The zero-order valence-electron chi connectivity index (χ0n) is 10.2. The number of fused-ring (bicyclic) bond motifs is 1. The molecule has 2 aromatic heterocycles. The van der Waals surface area contributed by atoms with E-state index in [9.17, 15) is 4.39 Å². The second kappa shape index (κ2) is 4.35. The molecule has 0 aliphatic carbocycles.